The van der Waals surface area contributed by atoms with Crippen molar-refractivity contribution in [3.63, 3.8) is 0 Å². The van der Waals surface area contributed by atoms with E-state index in [4.69, 9.17) is 0 Å². The van der Waals surface area contributed by atoms with E-state index in [1.807, 2.05) is 28.8 Å². The van der Waals surface area contributed by atoms with Gasteiger partial charge in [0, 0.05) is 18.8 Å². The van der Waals surface area contributed by atoms with Gasteiger partial charge in [-0.05, 0) is 31.9 Å². The second kappa shape index (κ2) is 9.05. The maximum Gasteiger partial charge on any atom is 0.191 e. The maximum absolute atomic E-state index is 4.67. The van der Waals surface area contributed by atoms with Gasteiger partial charge in [-0.3, -0.25) is 4.40 Å². The van der Waals surface area contributed by atoms with Crippen LogP contribution in [0.25, 0.3) is 5.65 Å². The lowest BCUT2D eigenvalue weighted by Gasteiger charge is -2.24. The molecule has 2 N–H and O–H groups in total. The molecule has 2 aromatic rings. The average molecular weight is 428 g/mol. The van der Waals surface area contributed by atoms with E-state index in [-0.39, 0.29) is 24.0 Å². The largest absolute Gasteiger partial charge is 0.357 e. The molecule has 0 atom stereocenters. The smallest absolute Gasteiger partial charge is 0.191 e. The molecule has 1 aliphatic rings. The number of hydrogen-bond donors (Lipinski definition) is 2. The summed E-state index contributed by atoms with van der Waals surface area (Å²) in [6.45, 7) is 3.47. The quantitative estimate of drug-likeness (QED) is 0.447. The summed E-state index contributed by atoms with van der Waals surface area (Å²) in [5, 5.41) is 15.3. The van der Waals surface area contributed by atoms with Crippen molar-refractivity contribution in [1.82, 2.24) is 25.2 Å². The maximum atomic E-state index is 4.67. The van der Waals surface area contributed by atoms with Gasteiger partial charge < -0.3 is 10.6 Å². The molecule has 2 aromatic heterocycles. The van der Waals surface area contributed by atoms with Crippen molar-refractivity contribution in [2.75, 3.05) is 6.54 Å². The topological polar surface area (TPSA) is 66.6 Å². The molecule has 0 unspecified atom stereocenters. The summed E-state index contributed by atoms with van der Waals surface area (Å²) in [6, 6.07) is 6.44. The number of nitrogens with zero attached hydrogens (tertiary/aromatic N) is 4. The van der Waals surface area contributed by atoms with Crippen molar-refractivity contribution < 1.29 is 0 Å². The van der Waals surface area contributed by atoms with Crippen molar-refractivity contribution in [1.29, 1.82) is 0 Å². The highest BCUT2D eigenvalue weighted by atomic mass is 127. The summed E-state index contributed by atoms with van der Waals surface area (Å²) in [4.78, 5) is 4.67. The van der Waals surface area contributed by atoms with Crippen LogP contribution in [0, 0.1) is 0 Å². The Hall–Kier alpha value is -1.38. The highest BCUT2D eigenvalue weighted by Gasteiger charge is 2.14. The number of nitrogens with one attached hydrogen (secondary N) is 2. The van der Waals surface area contributed by atoms with E-state index in [1.54, 1.807) is 0 Å². The van der Waals surface area contributed by atoms with Crippen LogP contribution in [0.4, 0.5) is 0 Å². The van der Waals surface area contributed by atoms with E-state index in [2.05, 4.69) is 32.7 Å². The van der Waals surface area contributed by atoms with Gasteiger partial charge in [0.2, 0.25) is 0 Å². The molecule has 0 amide bonds. The minimum absolute atomic E-state index is 0. The Morgan fingerprint density at radius 2 is 2.09 bits per heavy atom. The number of fused-ring (bicyclic) bond motifs is 1. The van der Waals surface area contributed by atoms with Crippen molar-refractivity contribution in [2.24, 2.45) is 4.99 Å². The zero-order valence-electron chi connectivity index (χ0n) is 13.5. The highest BCUT2D eigenvalue weighted by Crippen LogP contribution is 2.17. The van der Waals surface area contributed by atoms with Crippen molar-refractivity contribution in [3.05, 3.63) is 30.2 Å². The van der Waals surface area contributed by atoms with Crippen LogP contribution in [0.15, 0.2) is 29.4 Å². The minimum atomic E-state index is 0. The molecule has 0 spiro atoms. The monoisotopic (exact) mass is 428 g/mol. The van der Waals surface area contributed by atoms with Gasteiger partial charge in [-0.2, -0.15) is 0 Å². The van der Waals surface area contributed by atoms with Gasteiger partial charge in [-0.1, -0.05) is 25.3 Å². The third-order valence-corrected chi connectivity index (χ3v) is 4.05. The summed E-state index contributed by atoms with van der Waals surface area (Å²) in [6.07, 6.45) is 8.42. The van der Waals surface area contributed by atoms with Gasteiger partial charge in [0.15, 0.2) is 17.4 Å². The van der Waals surface area contributed by atoms with Crippen LogP contribution < -0.4 is 10.6 Å². The number of aliphatic imine (C=N–C) groups is 1. The van der Waals surface area contributed by atoms with Crippen LogP contribution in [0.3, 0.4) is 0 Å². The molecule has 1 aliphatic carbocycles. The number of pyridine rings is 1. The van der Waals surface area contributed by atoms with Gasteiger partial charge in [0.05, 0.1) is 0 Å². The molecular weight excluding hydrogens is 403 g/mol. The van der Waals surface area contributed by atoms with Gasteiger partial charge in [0.1, 0.15) is 6.54 Å². The zero-order valence-corrected chi connectivity index (χ0v) is 15.9. The summed E-state index contributed by atoms with van der Waals surface area (Å²) in [7, 11) is 0. The predicted molar refractivity (Wildman–Crippen MR) is 103 cm³/mol. The molecule has 1 saturated carbocycles. The molecular formula is C16H25IN6. The van der Waals surface area contributed by atoms with Gasteiger partial charge in [0.25, 0.3) is 0 Å². The van der Waals surface area contributed by atoms with E-state index < -0.39 is 0 Å². The molecule has 1 fully saturated rings. The summed E-state index contributed by atoms with van der Waals surface area (Å²) in [5.74, 6) is 1.73. The fourth-order valence-electron chi connectivity index (χ4n) is 2.91. The molecule has 7 heteroatoms. The molecule has 0 bridgehead atoms. The Kier molecular flexibility index (Phi) is 7.07. The van der Waals surface area contributed by atoms with E-state index in [0.29, 0.717) is 12.6 Å². The first-order valence-electron chi connectivity index (χ1n) is 8.20. The molecule has 3 rings (SSSR count). The summed E-state index contributed by atoms with van der Waals surface area (Å²) in [5.41, 5.74) is 0.859. The third-order valence-electron chi connectivity index (χ3n) is 4.05. The average Bonchev–Trinajstić information content (AvgIpc) is 2.97. The van der Waals surface area contributed by atoms with Crippen LogP contribution in [0.2, 0.25) is 0 Å². The minimum Gasteiger partial charge on any atom is -0.357 e. The molecule has 6 nitrogen and oxygen atoms in total. The molecule has 0 saturated heterocycles. The van der Waals surface area contributed by atoms with Crippen molar-refractivity contribution >= 4 is 35.6 Å². The normalized spacial score (nSPS) is 16.1. The Bertz CT molecular complexity index is 632. The number of aromatic nitrogens is 3. The first-order valence-corrected chi connectivity index (χ1v) is 8.20. The second-order valence-electron chi connectivity index (χ2n) is 5.72. The fraction of sp³-hybridized carbons (Fsp3) is 0.562. The van der Waals surface area contributed by atoms with Crippen molar-refractivity contribution in [2.45, 2.75) is 51.6 Å². The fourth-order valence-corrected chi connectivity index (χ4v) is 2.91. The lowest BCUT2D eigenvalue weighted by atomic mass is 9.96. The van der Waals surface area contributed by atoms with E-state index in [9.17, 15) is 0 Å². The lowest BCUT2D eigenvalue weighted by molar-refractivity contribution is 0.410. The first-order chi connectivity index (χ1) is 10.9. The predicted octanol–water partition coefficient (Wildman–Crippen LogP) is 2.74. The molecule has 126 valence electrons. The van der Waals surface area contributed by atoms with Gasteiger partial charge in [-0.15, -0.1) is 34.2 Å². The standard InChI is InChI=1S/C16H24N6.HI/c1-2-17-16(19-13-8-4-3-5-9-13)18-12-15-21-20-14-10-6-7-11-22(14)15;/h6-7,10-11,13H,2-5,8-9,12H2,1H3,(H2,17,18,19);1H. The van der Waals surface area contributed by atoms with Gasteiger partial charge >= 0.3 is 0 Å². The zero-order chi connectivity index (χ0) is 15.2. The van der Waals surface area contributed by atoms with Crippen molar-refractivity contribution in [3.8, 4) is 0 Å². The Labute approximate surface area is 154 Å². The van der Waals surface area contributed by atoms with Crippen LogP contribution in [0.5, 0.6) is 0 Å². The van der Waals surface area contributed by atoms with Crippen LogP contribution in [-0.4, -0.2) is 33.1 Å². The van der Waals surface area contributed by atoms with E-state index >= 15 is 0 Å². The number of guanidine groups is 1. The molecule has 0 aliphatic heterocycles. The molecule has 2 heterocycles. The third kappa shape index (κ3) is 4.79. The number of rotatable bonds is 4. The Balaban J connectivity index is 0.00000192. The van der Waals surface area contributed by atoms with E-state index in [1.165, 1.54) is 32.1 Å². The molecule has 0 radical (unpaired) electrons. The SMILES string of the molecule is CCNC(=NCc1nnc2ccccn12)NC1CCCCC1.I. The van der Waals surface area contributed by atoms with Crippen LogP contribution >= 0.6 is 24.0 Å². The summed E-state index contributed by atoms with van der Waals surface area (Å²) < 4.78 is 1.98. The van der Waals surface area contributed by atoms with Crippen LogP contribution in [-0.2, 0) is 6.54 Å². The highest BCUT2D eigenvalue weighted by molar-refractivity contribution is 14.0. The first kappa shape index (κ1) is 18.0. The second-order valence-corrected chi connectivity index (χ2v) is 5.72. The molecule has 23 heavy (non-hydrogen) atoms. The Morgan fingerprint density at radius 1 is 1.26 bits per heavy atom. The summed E-state index contributed by atoms with van der Waals surface area (Å²) >= 11 is 0. The lowest BCUT2D eigenvalue weighted by Crippen LogP contribution is -2.44. The van der Waals surface area contributed by atoms with Crippen LogP contribution in [0.1, 0.15) is 44.9 Å². The Morgan fingerprint density at radius 3 is 2.87 bits per heavy atom. The molecule has 0 aromatic carbocycles. The van der Waals surface area contributed by atoms with E-state index in [0.717, 1.165) is 24.0 Å². The van der Waals surface area contributed by atoms with Gasteiger partial charge in [-0.25, -0.2) is 4.99 Å². The number of halogens is 1. The number of hydrogen-bond acceptors (Lipinski definition) is 3.